The van der Waals surface area contributed by atoms with Crippen molar-refractivity contribution in [1.29, 1.82) is 0 Å². The van der Waals surface area contributed by atoms with Crippen LogP contribution in [0.4, 0.5) is 11.9 Å². The highest BCUT2D eigenvalue weighted by Crippen LogP contribution is 2.03. The van der Waals surface area contributed by atoms with Gasteiger partial charge in [0.25, 0.3) is 0 Å². The fourth-order valence-electron chi connectivity index (χ4n) is 1.65. The van der Waals surface area contributed by atoms with Crippen molar-refractivity contribution < 1.29 is 0 Å². The molecule has 0 fully saturated rings. The van der Waals surface area contributed by atoms with Gasteiger partial charge in [-0.1, -0.05) is 6.92 Å². The second-order valence-electron chi connectivity index (χ2n) is 3.61. The normalized spacial score (nSPS) is 10.6. The fourth-order valence-corrected chi connectivity index (χ4v) is 1.65. The molecule has 0 aliphatic rings. The van der Waals surface area contributed by atoms with Crippen molar-refractivity contribution in [2.45, 2.75) is 26.3 Å². The van der Waals surface area contributed by atoms with Gasteiger partial charge < -0.3 is 16.0 Å². The number of rotatable bonds is 4. The highest BCUT2D eigenvalue weighted by molar-refractivity contribution is 5.25. The first kappa shape index (κ1) is 11.3. The molecule has 0 amide bonds. The molecule has 0 radical (unpaired) electrons. The van der Waals surface area contributed by atoms with Crippen LogP contribution in [-0.2, 0) is 19.4 Å². The first-order valence-corrected chi connectivity index (χ1v) is 5.45. The maximum Gasteiger partial charge on any atom is 0.225 e. The summed E-state index contributed by atoms with van der Waals surface area (Å²) >= 11 is 0. The molecular formula is C10H15N7. The summed E-state index contributed by atoms with van der Waals surface area (Å²) in [5.74, 6) is 1.97. The number of nitrogens with zero attached hydrogens (tertiary/aromatic N) is 5. The quantitative estimate of drug-likeness (QED) is 0.771. The van der Waals surface area contributed by atoms with Crippen LogP contribution in [0.15, 0.2) is 12.4 Å². The number of nitrogen functional groups attached to an aromatic ring is 2. The van der Waals surface area contributed by atoms with Crippen LogP contribution in [0.25, 0.3) is 0 Å². The van der Waals surface area contributed by atoms with Crippen LogP contribution in [0.2, 0.25) is 0 Å². The summed E-state index contributed by atoms with van der Waals surface area (Å²) in [4.78, 5) is 16.0. The lowest BCUT2D eigenvalue weighted by molar-refractivity contribution is 0.637. The first-order chi connectivity index (χ1) is 8.19. The second-order valence-corrected chi connectivity index (χ2v) is 3.61. The highest BCUT2D eigenvalue weighted by Gasteiger charge is 2.04. The fraction of sp³-hybridized carbons (Fsp3) is 0.400. The van der Waals surface area contributed by atoms with Crippen molar-refractivity contribution in [3.8, 4) is 0 Å². The molecule has 7 nitrogen and oxygen atoms in total. The van der Waals surface area contributed by atoms with E-state index in [1.54, 1.807) is 6.20 Å². The smallest absolute Gasteiger partial charge is 0.225 e. The van der Waals surface area contributed by atoms with E-state index in [1.165, 1.54) is 0 Å². The Hall–Kier alpha value is -2.18. The van der Waals surface area contributed by atoms with Crippen LogP contribution in [0.3, 0.4) is 0 Å². The molecule has 17 heavy (non-hydrogen) atoms. The predicted octanol–water partition coefficient (Wildman–Crippen LogP) is 0.0376. The lowest BCUT2D eigenvalue weighted by atomic mass is 10.3. The van der Waals surface area contributed by atoms with Crippen LogP contribution in [0.5, 0.6) is 0 Å². The predicted molar refractivity (Wildman–Crippen MR) is 64.0 cm³/mol. The Balaban J connectivity index is 2.07. The molecule has 4 N–H and O–H groups in total. The van der Waals surface area contributed by atoms with E-state index >= 15 is 0 Å². The number of anilines is 2. The van der Waals surface area contributed by atoms with Crippen LogP contribution in [-0.4, -0.2) is 24.5 Å². The monoisotopic (exact) mass is 233 g/mol. The number of nitrogens with two attached hydrogens (primary N) is 2. The zero-order chi connectivity index (χ0) is 12.3. The number of hydrogen-bond acceptors (Lipinski definition) is 6. The molecule has 0 saturated carbocycles. The molecule has 0 aliphatic heterocycles. The average Bonchev–Trinajstić information content (AvgIpc) is 2.72. The van der Waals surface area contributed by atoms with Crippen LogP contribution < -0.4 is 11.5 Å². The molecule has 90 valence electrons. The minimum atomic E-state index is 0.161. The summed E-state index contributed by atoms with van der Waals surface area (Å²) in [6.07, 6.45) is 5.27. The Bertz CT molecular complexity index is 485. The molecule has 2 aromatic rings. The van der Waals surface area contributed by atoms with Crippen LogP contribution in [0, 0.1) is 0 Å². The summed E-state index contributed by atoms with van der Waals surface area (Å²) in [5, 5.41) is 0. The Morgan fingerprint density at radius 1 is 1.18 bits per heavy atom. The molecule has 2 heterocycles. The molecule has 2 aromatic heterocycles. The van der Waals surface area contributed by atoms with Crippen molar-refractivity contribution in [1.82, 2.24) is 24.5 Å². The van der Waals surface area contributed by atoms with E-state index in [2.05, 4.69) is 31.4 Å². The zero-order valence-electron chi connectivity index (χ0n) is 9.67. The molecule has 2 rings (SSSR count). The average molecular weight is 233 g/mol. The van der Waals surface area contributed by atoms with Gasteiger partial charge in [0.2, 0.25) is 11.9 Å². The van der Waals surface area contributed by atoms with Crippen molar-refractivity contribution in [3.63, 3.8) is 0 Å². The molecule has 7 heteroatoms. The molecule has 0 unspecified atom stereocenters. The summed E-state index contributed by atoms with van der Waals surface area (Å²) in [5.41, 5.74) is 11.0. The minimum Gasteiger partial charge on any atom is -0.368 e. The Kier molecular flexibility index (Phi) is 3.17. The van der Waals surface area contributed by atoms with Gasteiger partial charge in [-0.2, -0.15) is 15.0 Å². The first-order valence-electron chi connectivity index (χ1n) is 5.45. The second kappa shape index (κ2) is 4.77. The van der Waals surface area contributed by atoms with Gasteiger partial charge in [-0.05, 0) is 0 Å². The number of hydrogen-bond donors (Lipinski definition) is 2. The van der Waals surface area contributed by atoms with Gasteiger partial charge in [-0.25, -0.2) is 4.98 Å². The summed E-state index contributed by atoms with van der Waals surface area (Å²) in [7, 11) is 0. The van der Waals surface area contributed by atoms with E-state index in [4.69, 9.17) is 11.5 Å². The third-order valence-electron chi connectivity index (χ3n) is 2.41. The van der Waals surface area contributed by atoms with E-state index in [-0.39, 0.29) is 11.9 Å². The lowest BCUT2D eigenvalue weighted by Crippen LogP contribution is -2.10. The zero-order valence-corrected chi connectivity index (χ0v) is 9.67. The van der Waals surface area contributed by atoms with Crippen LogP contribution in [0.1, 0.15) is 18.6 Å². The van der Waals surface area contributed by atoms with Crippen molar-refractivity contribution >= 4 is 11.9 Å². The molecule has 0 spiro atoms. The number of imidazole rings is 1. The largest absolute Gasteiger partial charge is 0.368 e. The SMILES string of the molecule is CCc1nccn1CCc1nc(N)nc(N)n1. The maximum atomic E-state index is 5.50. The topological polar surface area (TPSA) is 109 Å². The van der Waals surface area contributed by atoms with Gasteiger partial charge in [0, 0.05) is 31.8 Å². The Morgan fingerprint density at radius 2 is 1.88 bits per heavy atom. The third kappa shape index (κ3) is 2.68. The van der Waals surface area contributed by atoms with Crippen molar-refractivity contribution in [2.75, 3.05) is 11.5 Å². The van der Waals surface area contributed by atoms with E-state index in [0.29, 0.717) is 12.2 Å². The van der Waals surface area contributed by atoms with Gasteiger partial charge in [-0.15, -0.1) is 0 Å². The van der Waals surface area contributed by atoms with E-state index in [9.17, 15) is 0 Å². The molecular weight excluding hydrogens is 218 g/mol. The van der Waals surface area contributed by atoms with Gasteiger partial charge in [-0.3, -0.25) is 0 Å². The molecule has 0 aromatic carbocycles. The maximum absolute atomic E-state index is 5.50. The lowest BCUT2D eigenvalue weighted by Gasteiger charge is -2.06. The Morgan fingerprint density at radius 3 is 2.53 bits per heavy atom. The van der Waals surface area contributed by atoms with E-state index < -0.39 is 0 Å². The standard InChI is InChI=1S/C10H15N7/c1-2-8-13-4-6-17(8)5-3-7-14-9(11)16-10(12)15-7/h4,6H,2-3,5H2,1H3,(H4,11,12,14,15,16). The van der Waals surface area contributed by atoms with Crippen molar-refractivity contribution in [2.24, 2.45) is 0 Å². The van der Waals surface area contributed by atoms with Crippen molar-refractivity contribution in [3.05, 3.63) is 24.0 Å². The third-order valence-corrected chi connectivity index (χ3v) is 2.41. The molecule has 0 bridgehead atoms. The summed E-state index contributed by atoms with van der Waals surface area (Å²) < 4.78 is 2.07. The van der Waals surface area contributed by atoms with E-state index in [0.717, 1.165) is 18.8 Å². The van der Waals surface area contributed by atoms with Crippen LogP contribution >= 0.6 is 0 Å². The summed E-state index contributed by atoms with van der Waals surface area (Å²) in [6.45, 7) is 2.82. The minimum absolute atomic E-state index is 0.161. The summed E-state index contributed by atoms with van der Waals surface area (Å²) in [6, 6.07) is 0. The number of aromatic nitrogens is 5. The van der Waals surface area contributed by atoms with Gasteiger partial charge in [0.1, 0.15) is 11.6 Å². The van der Waals surface area contributed by atoms with Gasteiger partial charge in [0.05, 0.1) is 0 Å². The van der Waals surface area contributed by atoms with E-state index in [1.807, 2.05) is 6.20 Å². The molecule has 0 atom stereocenters. The highest BCUT2D eigenvalue weighted by atomic mass is 15.1. The molecule has 0 saturated heterocycles. The number of aryl methyl sites for hydroxylation is 3. The Labute approximate surface area is 98.9 Å². The molecule has 0 aliphatic carbocycles. The van der Waals surface area contributed by atoms with Gasteiger partial charge >= 0.3 is 0 Å². The van der Waals surface area contributed by atoms with Gasteiger partial charge in [0.15, 0.2) is 0 Å².